The standard InChI is InChI=1S/C14H22O4/c1-10(16)7-8-11-5-4-6-12(13(17)18-3)14(11,2)9-15/h9,11-12H,4-8H2,1-3H3/t11-,12-,14+/m0/s1. The van der Waals surface area contributed by atoms with Crippen molar-refractivity contribution in [3.05, 3.63) is 0 Å². The Kier molecular flexibility index (Phi) is 5.05. The molecule has 4 heteroatoms. The molecule has 0 heterocycles. The maximum atomic E-state index is 11.8. The molecule has 1 aliphatic carbocycles. The monoisotopic (exact) mass is 254 g/mol. The molecule has 0 N–H and O–H groups in total. The smallest absolute Gasteiger partial charge is 0.309 e. The highest BCUT2D eigenvalue weighted by atomic mass is 16.5. The van der Waals surface area contributed by atoms with Gasteiger partial charge in [0.15, 0.2) is 0 Å². The molecule has 0 amide bonds. The van der Waals surface area contributed by atoms with E-state index in [0.717, 1.165) is 19.1 Å². The van der Waals surface area contributed by atoms with E-state index < -0.39 is 5.41 Å². The first-order chi connectivity index (χ1) is 8.45. The number of carbonyl (C=O) groups excluding carboxylic acids is 3. The first kappa shape index (κ1) is 14.9. The second kappa shape index (κ2) is 6.12. The van der Waals surface area contributed by atoms with Gasteiger partial charge in [0.05, 0.1) is 13.0 Å². The highest BCUT2D eigenvalue weighted by molar-refractivity contribution is 5.79. The van der Waals surface area contributed by atoms with Crippen molar-refractivity contribution in [2.24, 2.45) is 17.3 Å². The lowest BCUT2D eigenvalue weighted by atomic mass is 9.60. The van der Waals surface area contributed by atoms with Gasteiger partial charge in [-0.3, -0.25) is 4.79 Å². The second-order valence-electron chi connectivity index (χ2n) is 5.43. The molecule has 0 aromatic rings. The van der Waals surface area contributed by atoms with Crippen LogP contribution in [0, 0.1) is 17.3 Å². The SMILES string of the molecule is COC(=O)[C@@H]1CCC[C@@H](CCC(C)=O)[C@@]1(C)C=O. The predicted molar refractivity (Wildman–Crippen MR) is 66.9 cm³/mol. The van der Waals surface area contributed by atoms with Crippen molar-refractivity contribution in [2.45, 2.75) is 46.0 Å². The van der Waals surface area contributed by atoms with E-state index in [-0.39, 0.29) is 23.6 Å². The average molecular weight is 254 g/mol. The normalized spacial score (nSPS) is 31.7. The fraction of sp³-hybridized carbons (Fsp3) is 0.786. The summed E-state index contributed by atoms with van der Waals surface area (Å²) in [6, 6.07) is 0. The number of aldehydes is 1. The van der Waals surface area contributed by atoms with Crippen molar-refractivity contribution < 1.29 is 19.1 Å². The summed E-state index contributed by atoms with van der Waals surface area (Å²) in [7, 11) is 1.35. The van der Waals surface area contributed by atoms with Crippen LogP contribution in [-0.2, 0) is 19.1 Å². The number of ketones is 1. The molecule has 0 unspecified atom stereocenters. The fourth-order valence-electron chi connectivity index (χ4n) is 3.00. The van der Waals surface area contributed by atoms with Crippen molar-refractivity contribution in [2.75, 3.05) is 7.11 Å². The summed E-state index contributed by atoms with van der Waals surface area (Å²) < 4.78 is 4.80. The zero-order valence-corrected chi connectivity index (χ0v) is 11.4. The molecule has 0 spiro atoms. The van der Waals surface area contributed by atoms with Gasteiger partial charge in [-0.25, -0.2) is 0 Å². The molecule has 3 atom stereocenters. The van der Waals surface area contributed by atoms with E-state index in [1.54, 1.807) is 6.92 Å². The predicted octanol–water partition coefficient (Wildman–Crippen LogP) is 2.15. The number of esters is 1. The minimum atomic E-state index is -0.694. The van der Waals surface area contributed by atoms with Crippen LogP contribution in [0.25, 0.3) is 0 Å². The molecule has 0 aromatic heterocycles. The highest BCUT2D eigenvalue weighted by Crippen LogP contribution is 2.46. The van der Waals surface area contributed by atoms with Crippen molar-refractivity contribution in [3.63, 3.8) is 0 Å². The van der Waals surface area contributed by atoms with Crippen molar-refractivity contribution >= 4 is 18.0 Å². The third kappa shape index (κ3) is 2.98. The van der Waals surface area contributed by atoms with Gasteiger partial charge in [0.25, 0.3) is 0 Å². The lowest BCUT2D eigenvalue weighted by molar-refractivity contribution is -0.157. The highest BCUT2D eigenvalue weighted by Gasteiger charge is 2.47. The van der Waals surface area contributed by atoms with E-state index in [9.17, 15) is 14.4 Å². The van der Waals surface area contributed by atoms with Gasteiger partial charge in [-0.15, -0.1) is 0 Å². The average Bonchev–Trinajstić information content (AvgIpc) is 2.36. The summed E-state index contributed by atoms with van der Waals surface area (Å²) in [4.78, 5) is 34.3. The van der Waals surface area contributed by atoms with Gasteiger partial charge in [0.1, 0.15) is 12.1 Å². The molecular weight excluding hydrogens is 232 g/mol. The molecule has 0 aliphatic heterocycles. The summed E-state index contributed by atoms with van der Waals surface area (Å²) >= 11 is 0. The number of hydrogen-bond acceptors (Lipinski definition) is 4. The molecule has 0 saturated heterocycles. The molecule has 1 fully saturated rings. The zero-order chi connectivity index (χ0) is 13.8. The Morgan fingerprint density at radius 3 is 2.56 bits per heavy atom. The number of ether oxygens (including phenoxy) is 1. The second-order valence-corrected chi connectivity index (χ2v) is 5.43. The van der Waals surface area contributed by atoms with Crippen LogP contribution >= 0.6 is 0 Å². The van der Waals surface area contributed by atoms with E-state index in [2.05, 4.69) is 0 Å². The Balaban J connectivity index is 2.86. The Bertz CT molecular complexity index is 337. The first-order valence-corrected chi connectivity index (χ1v) is 6.49. The molecule has 1 aliphatic rings. The summed E-state index contributed by atoms with van der Waals surface area (Å²) in [6.07, 6.45) is 4.54. The van der Waals surface area contributed by atoms with Gasteiger partial charge in [0, 0.05) is 11.8 Å². The van der Waals surface area contributed by atoms with E-state index >= 15 is 0 Å². The maximum absolute atomic E-state index is 11.8. The zero-order valence-electron chi connectivity index (χ0n) is 11.4. The van der Waals surface area contributed by atoms with Crippen LogP contribution in [0.4, 0.5) is 0 Å². The Morgan fingerprint density at radius 1 is 1.39 bits per heavy atom. The fourth-order valence-corrected chi connectivity index (χ4v) is 3.00. The van der Waals surface area contributed by atoms with Gasteiger partial charge in [0.2, 0.25) is 0 Å². The Labute approximate surface area is 108 Å². The summed E-state index contributed by atoms with van der Waals surface area (Å²) in [5.41, 5.74) is -0.694. The summed E-state index contributed by atoms with van der Waals surface area (Å²) in [6.45, 7) is 3.38. The minimum absolute atomic E-state index is 0.0942. The number of rotatable bonds is 5. The Morgan fingerprint density at radius 2 is 2.06 bits per heavy atom. The minimum Gasteiger partial charge on any atom is -0.469 e. The van der Waals surface area contributed by atoms with Crippen LogP contribution in [0.2, 0.25) is 0 Å². The lowest BCUT2D eigenvalue weighted by Gasteiger charge is -2.42. The molecule has 4 nitrogen and oxygen atoms in total. The molecule has 0 aromatic carbocycles. The van der Waals surface area contributed by atoms with E-state index in [1.165, 1.54) is 7.11 Å². The third-order valence-corrected chi connectivity index (χ3v) is 4.26. The van der Waals surface area contributed by atoms with Crippen LogP contribution in [-0.4, -0.2) is 25.1 Å². The molecular formula is C14H22O4. The topological polar surface area (TPSA) is 60.4 Å². The largest absolute Gasteiger partial charge is 0.469 e. The van der Waals surface area contributed by atoms with E-state index in [1.807, 2.05) is 6.92 Å². The van der Waals surface area contributed by atoms with Crippen LogP contribution in [0.15, 0.2) is 0 Å². The molecule has 1 rings (SSSR count). The van der Waals surface area contributed by atoms with Crippen molar-refractivity contribution in [1.29, 1.82) is 0 Å². The van der Waals surface area contributed by atoms with Gasteiger partial charge >= 0.3 is 5.97 Å². The van der Waals surface area contributed by atoms with Crippen LogP contribution in [0.3, 0.4) is 0 Å². The molecule has 18 heavy (non-hydrogen) atoms. The third-order valence-electron chi connectivity index (χ3n) is 4.26. The molecule has 0 bridgehead atoms. The van der Waals surface area contributed by atoms with Gasteiger partial charge < -0.3 is 14.3 Å². The Hall–Kier alpha value is -1.19. The summed E-state index contributed by atoms with van der Waals surface area (Å²) in [5.74, 6) is -0.456. The van der Waals surface area contributed by atoms with E-state index in [4.69, 9.17) is 4.74 Å². The number of carbonyl (C=O) groups is 3. The molecule has 102 valence electrons. The van der Waals surface area contributed by atoms with Crippen LogP contribution < -0.4 is 0 Å². The quantitative estimate of drug-likeness (QED) is 0.557. The number of Topliss-reactive ketones (excluding diaryl/α,β-unsaturated/α-hetero) is 1. The number of methoxy groups -OCH3 is 1. The van der Waals surface area contributed by atoms with Gasteiger partial charge in [-0.2, -0.15) is 0 Å². The van der Waals surface area contributed by atoms with Crippen molar-refractivity contribution in [1.82, 2.24) is 0 Å². The maximum Gasteiger partial charge on any atom is 0.309 e. The lowest BCUT2D eigenvalue weighted by Crippen LogP contribution is -2.44. The van der Waals surface area contributed by atoms with Crippen LogP contribution in [0.1, 0.15) is 46.0 Å². The molecule has 0 radical (unpaired) electrons. The van der Waals surface area contributed by atoms with E-state index in [0.29, 0.717) is 19.3 Å². The first-order valence-electron chi connectivity index (χ1n) is 6.49. The summed E-state index contributed by atoms with van der Waals surface area (Å²) in [5, 5.41) is 0. The van der Waals surface area contributed by atoms with Gasteiger partial charge in [-0.1, -0.05) is 13.3 Å². The number of hydrogen-bond donors (Lipinski definition) is 0. The van der Waals surface area contributed by atoms with Gasteiger partial charge in [-0.05, 0) is 32.1 Å². The van der Waals surface area contributed by atoms with Crippen molar-refractivity contribution in [3.8, 4) is 0 Å². The van der Waals surface area contributed by atoms with Crippen LogP contribution in [0.5, 0.6) is 0 Å². The molecule has 1 saturated carbocycles.